The summed E-state index contributed by atoms with van der Waals surface area (Å²) in [6.45, 7) is 3.74. The van der Waals surface area contributed by atoms with E-state index in [-0.39, 0.29) is 12.2 Å². The summed E-state index contributed by atoms with van der Waals surface area (Å²) in [4.78, 5) is 11.5. The molecule has 1 unspecified atom stereocenters. The van der Waals surface area contributed by atoms with E-state index in [0.29, 0.717) is 6.42 Å². The van der Waals surface area contributed by atoms with Crippen LogP contribution >= 0.6 is 0 Å². The summed E-state index contributed by atoms with van der Waals surface area (Å²) >= 11 is 0. The predicted octanol–water partition coefficient (Wildman–Crippen LogP) is 5.65. The van der Waals surface area contributed by atoms with Crippen LogP contribution in [-0.2, 0) is 4.79 Å². The normalized spacial score (nSPS) is 14.2. The molecule has 0 aliphatic rings. The van der Waals surface area contributed by atoms with Crippen molar-refractivity contribution >= 4 is 5.78 Å². The van der Waals surface area contributed by atoms with Crippen LogP contribution in [0, 0.1) is 0 Å². The van der Waals surface area contributed by atoms with Gasteiger partial charge in [0.25, 0.3) is 0 Å². The lowest BCUT2D eigenvalue weighted by Crippen LogP contribution is -2.37. The van der Waals surface area contributed by atoms with Crippen molar-refractivity contribution in [3.63, 3.8) is 0 Å². The van der Waals surface area contributed by atoms with Crippen LogP contribution in [0.5, 0.6) is 0 Å². The fourth-order valence-corrected chi connectivity index (χ4v) is 2.88. The van der Waals surface area contributed by atoms with Gasteiger partial charge in [-0.1, -0.05) is 70.4 Å². The Bertz CT molecular complexity index is 318. The lowest BCUT2D eigenvalue weighted by Gasteiger charge is -2.15. The molecule has 142 valence electrons. The molecule has 0 aliphatic carbocycles. The maximum absolute atomic E-state index is 11.5. The average Bonchev–Trinajstić information content (AvgIpc) is 2.49. The zero-order valence-electron chi connectivity index (χ0n) is 16.2. The molecule has 24 heavy (non-hydrogen) atoms. The van der Waals surface area contributed by atoms with Gasteiger partial charge in [-0.3, -0.25) is 4.79 Å². The minimum absolute atomic E-state index is 0.0659. The van der Waals surface area contributed by atoms with Gasteiger partial charge in [-0.05, 0) is 39.0 Å². The van der Waals surface area contributed by atoms with Gasteiger partial charge in [0.2, 0.25) is 0 Å². The first-order valence-corrected chi connectivity index (χ1v) is 10.1. The van der Waals surface area contributed by atoms with Gasteiger partial charge in [-0.15, -0.1) is 0 Å². The molecule has 0 bridgehead atoms. The minimum atomic E-state index is -1.35. The molecule has 0 saturated heterocycles. The maximum Gasteiger partial charge on any atom is 0.137 e. The fraction of sp³-hybridized carbons (Fsp3) is 0.857. The Hall–Kier alpha value is -0.670. The molecule has 0 aromatic carbocycles. The molecule has 0 aromatic rings. The molecule has 0 fully saturated rings. The highest BCUT2D eigenvalue weighted by Crippen LogP contribution is 2.11. The molecule has 0 heterocycles. The van der Waals surface area contributed by atoms with Gasteiger partial charge in [0.05, 0.1) is 0 Å². The van der Waals surface area contributed by atoms with Crippen LogP contribution in [-0.4, -0.2) is 16.6 Å². The highest BCUT2D eigenvalue weighted by molar-refractivity contribution is 5.79. The third-order valence-electron chi connectivity index (χ3n) is 4.27. The second-order valence-corrected chi connectivity index (χ2v) is 7.41. The first kappa shape index (κ1) is 23.3. The van der Waals surface area contributed by atoms with E-state index in [1.165, 1.54) is 77.6 Å². The Balaban J connectivity index is 3.25. The largest absolute Gasteiger partial charge is 0.376 e. The van der Waals surface area contributed by atoms with Crippen LogP contribution in [0.15, 0.2) is 12.2 Å². The summed E-state index contributed by atoms with van der Waals surface area (Å²) < 4.78 is 0. The third kappa shape index (κ3) is 19.4. The van der Waals surface area contributed by atoms with E-state index in [2.05, 4.69) is 19.1 Å². The smallest absolute Gasteiger partial charge is 0.137 e. The van der Waals surface area contributed by atoms with Crippen LogP contribution in [0.25, 0.3) is 0 Å². The van der Waals surface area contributed by atoms with Crippen molar-refractivity contribution < 1.29 is 9.90 Å². The van der Waals surface area contributed by atoms with E-state index in [4.69, 9.17) is 5.73 Å². The van der Waals surface area contributed by atoms with E-state index in [1.807, 2.05) is 0 Å². The SMILES string of the molecule is CCCCCCCC/C=C\CCCCCCCC(=O)CC(C)(N)O. The topological polar surface area (TPSA) is 63.3 Å². The lowest BCUT2D eigenvalue weighted by molar-refractivity contribution is -0.123. The van der Waals surface area contributed by atoms with Crippen LogP contribution < -0.4 is 5.73 Å². The van der Waals surface area contributed by atoms with E-state index in [1.54, 1.807) is 0 Å². The zero-order chi connectivity index (χ0) is 18.1. The van der Waals surface area contributed by atoms with Crippen LogP contribution in [0.1, 0.15) is 110 Å². The number of hydrogen-bond acceptors (Lipinski definition) is 3. The molecule has 0 aromatic heterocycles. The average molecular weight is 340 g/mol. The summed E-state index contributed by atoms with van der Waals surface area (Å²) in [5.74, 6) is 0.0696. The number of allylic oxidation sites excluding steroid dienone is 2. The van der Waals surface area contributed by atoms with Crippen molar-refractivity contribution in [1.82, 2.24) is 0 Å². The number of carbonyl (C=O) groups is 1. The molecule has 0 amide bonds. The van der Waals surface area contributed by atoms with Crippen molar-refractivity contribution in [1.29, 1.82) is 0 Å². The number of aliphatic hydroxyl groups is 1. The predicted molar refractivity (Wildman–Crippen MR) is 104 cm³/mol. The number of ketones is 1. The summed E-state index contributed by atoms with van der Waals surface area (Å²) in [7, 11) is 0. The molecule has 0 rings (SSSR count). The number of nitrogens with two attached hydrogens (primary N) is 1. The number of carbonyl (C=O) groups excluding carboxylic acids is 1. The Labute approximate surface area is 150 Å². The van der Waals surface area contributed by atoms with Gasteiger partial charge in [-0.25, -0.2) is 0 Å². The van der Waals surface area contributed by atoms with Crippen LogP contribution in [0.2, 0.25) is 0 Å². The molecule has 0 saturated carbocycles. The summed E-state index contributed by atoms with van der Waals surface area (Å²) in [6, 6.07) is 0. The number of rotatable bonds is 17. The summed E-state index contributed by atoms with van der Waals surface area (Å²) in [5, 5.41) is 9.36. The summed E-state index contributed by atoms with van der Waals surface area (Å²) in [5.41, 5.74) is 4.07. The minimum Gasteiger partial charge on any atom is -0.376 e. The number of Topliss-reactive ketones (excluding diaryl/α,β-unsaturated/α-hetero) is 1. The first-order valence-electron chi connectivity index (χ1n) is 10.1. The van der Waals surface area contributed by atoms with Crippen LogP contribution in [0.4, 0.5) is 0 Å². The molecule has 3 nitrogen and oxygen atoms in total. The van der Waals surface area contributed by atoms with Crippen molar-refractivity contribution in [2.24, 2.45) is 5.73 Å². The highest BCUT2D eigenvalue weighted by Gasteiger charge is 2.17. The van der Waals surface area contributed by atoms with Crippen molar-refractivity contribution in [3.05, 3.63) is 12.2 Å². The Kier molecular flexibility index (Phi) is 15.4. The monoisotopic (exact) mass is 339 g/mol. The first-order chi connectivity index (χ1) is 11.5. The van der Waals surface area contributed by atoms with Gasteiger partial charge in [-0.2, -0.15) is 0 Å². The fourth-order valence-electron chi connectivity index (χ4n) is 2.88. The number of hydrogen-bond donors (Lipinski definition) is 2. The van der Waals surface area contributed by atoms with Gasteiger partial charge in [0.15, 0.2) is 0 Å². The molecular weight excluding hydrogens is 298 g/mol. The third-order valence-corrected chi connectivity index (χ3v) is 4.27. The highest BCUT2D eigenvalue weighted by atomic mass is 16.3. The molecular formula is C21H41NO2. The molecule has 0 aliphatic heterocycles. The van der Waals surface area contributed by atoms with E-state index in [9.17, 15) is 9.90 Å². The molecule has 1 atom stereocenters. The molecule has 3 heteroatoms. The van der Waals surface area contributed by atoms with Gasteiger partial charge >= 0.3 is 0 Å². The summed E-state index contributed by atoms with van der Waals surface area (Å²) in [6.07, 6.45) is 21.6. The van der Waals surface area contributed by atoms with Gasteiger partial charge < -0.3 is 10.8 Å². The number of unbranched alkanes of at least 4 members (excludes halogenated alkanes) is 11. The van der Waals surface area contributed by atoms with E-state index >= 15 is 0 Å². The zero-order valence-corrected chi connectivity index (χ0v) is 16.2. The molecule has 0 spiro atoms. The maximum atomic E-state index is 11.5. The van der Waals surface area contributed by atoms with E-state index in [0.717, 1.165) is 12.8 Å². The van der Waals surface area contributed by atoms with E-state index < -0.39 is 5.72 Å². The second-order valence-electron chi connectivity index (χ2n) is 7.41. The van der Waals surface area contributed by atoms with Crippen LogP contribution in [0.3, 0.4) is 0 Å². The lowest BCUT2D eigenvalue weighted by atomic mass is 10.0. The van der Waals surface area contributed by atoms with Crippen molar-refractivity contribution in [3.8, 4) is 0 Å². The Morgan fingerprint density at radius 2 is 1.33 bits per heavy atom. The van der Waals surface area contributed by atoms with Gasteiger partial charge in [0.1, 0.15) is 11.5 Å². The molecule has 3 N–H and O–H groups in total. The second kappa shape index (κ2) is 15.8. The van der Waals surface area contributed by atoms with Gasteiger partial charge in [0, 0.05) is 12.8 Å². The quantitative estimate of drug-likeness (QED) is 0.204. The standard InChI is InChI=1S/C21H41NO2/c1-3-4-5-6-7-8-9-10-11-12-13-14-15-16-17-18-20(23)19-21(2,22)24/h10-11,24H,3-9,12-19,22H2,1-2H3/b11-10-. The molecule has 0 radical (unpaired) electrons. The Morgan fingerprint density at radius 3 is 1.83 bits per heavy atom. The van der Waals surface area contributed by atoms with Crippen molar-refractivity contribution in [2.75, 3.05) is 0 Å². The van der Waals surface area contributed by atoms with Crippen molar-refractivity contribution in [2.45, 2.75) is 116 Å². The Morgan fingerprint density at radius 1 is 0.875 bits per heavy atom.